The first-order valence-corrected chi connectivity index (χ1v) is 16.6. The topological polar surface area (TPSA) is 96.0 Å². The monoisotopic (exact) mass is 901 g/mol. The van der Waals surface area contributed by atoms with Crippen molar-refractivity contribution >= 4 is 109 Å². The number of rotatable bonds is 11. The number of amides is 3. The molecule has 0 radical (unpaired) electrons. The molecule has 2 aromatic rings. The molecule has 3 amide bonds. The minimum atomic E-state index is -0.441. The molecule has 0 fully saturated rings. The molecule has 0 unspecified atom stereocenters. The van der Waals surface area contributed by atoms with Crippen LogP contribution in [-0.4, -0.2) is 43.4 Å². The molecule has 0 aliphatic heterocycles. The van der Waals surface area contributed by atoms with Gasteiger partial charge >= 0.3 is 5.97 Å². The van der Waals surface area contributed by atoms with E-state index in [4.69, 9.17) is 4.74 Å². The van der Waals surface area contributed by atoms with Gasteiger partial charge in [0.15, 0.2) is 0 Å². The van der Waals surface area contributed by atoms with Crippen LogP contribution in [-0.2, 0) is 25.5 Å². The minimum absolute atomic E-state index is 0.144. The number of esters is 1. The van der Waals surface area contributed by atoms with Crippen LogP contribution in [0.25, 0.3) is 0 Å². The minimum Gasteiger partial charge on any atom is -0.460 e. The van der Waals surface area contributed by atoms with E-state index in [1.807, 2.05) is 45.0 Å². The number of unbranched alkanes of at least 4 members (excludes halogenated alkanes) is 3. The summed E-state index contributed by atoms with van der Waals surface area (Å²) in [6.45, 7) is 8.55. The summed E-state index contributed by atoms with van der Waals surface area (Å²) in [5, 5.41) is 2.99. The van der Waals surface area contributed by atoms with Gasteiger partial charge in [-0.2, -0.15) is 0 Å². The molecule has 224 valence electrons. The van der Waals surface area contributed by atoms with E-state index in [0.717, 1.165) is 35.7 Å². The summed E-state index contributed by atoms with van der Waals surface area (Å²) in [7, 11) is 3.32. The summed E-state index contributed by atoms with van der Waals surface area (Å²) in [5.41, 5.74) is 2.98. The highest BCUT2D eigenvalue weighted by Gasteiger charge is 2.29. The summed E-state index contributed by atoms with van der Waals surface area (Å²) in [4.78, 5) is 52.9. The molecule has 0 spiro atoms. The van der Waals surface area contributed by atoms with Crippen LogP contribution in [0.1, 0.15) is 82.6 Å². The third-order valence-electron chi connectivity index (χ3n) is 6.34. The molecule has 0 bridgehead atoms. The Bertz CT molecular complexity index is 1240. The van der Waals surface area contributed by atoms with E-state index in [2.05, 4.69) is 73.1 Å². The van der Waals surface area contributed by atoms with Gasteiger partial charge in [-0.15, -0.1) is 0 Å². The molecule has 0 saturated carbocycles. The van der Waals surface area contributed by atoms with E-state index in [9.17, 15) is 19.2 Å². The number of hydrogen-bond acceptors (Lipinski definition) is 5. The molecular formula is C30H38I3N3O5. The number of nitrogens with zero attached hydrogens (tertiary/aromatic N) is 2. The van der Waals surface area contributed by atoms with Crippen molar-refractivity contribution in [1.82, 2.24) is 0 Å². The third-order valence-corrected chi connectivity index (χ3v) is 9.46. The van der Waals surface area contributed by atoms with Gasteiger partial charge in [-0.25, -0.2) is 0 Å². The first-order chi connectivity index (χ1) is 19.0. The van der Waals surface area contributed by atoms with E-state index in [1.54, 1.807) is 14.1 Å². The molecule has 0 atom stereocenters. The predicted octanol–water partition coefficient (Wildman–Crippen LogP) is 7.55. The molecule has 0 heterocycles. The highest BCUT2D eigenvalue weighted by Crippen LogP contribution is 2.42. The smallest absolute Gasteiger partial charge is 0.306 e. The van der Waals surface area contributed by atoms with E-state index >= 15 is 0 Å². The number of carbonyl (C=O) groups is 4. The Hall–Kier alpha value is -1.49. The summed E-state index contributed by atoms with van der Waals surface area (Å²) >= 11 is 6.34. The fourth-order valence-electron chi connectivity index (χ4n) is 4.03. The highest BCUT2D eigenvalue weighted by molar-refractivity contribution is 14.1. The maximum atomic E-state index is 13.6. The molecule has 11 heteroatoms. The molecule has 2 rings (SSSR count). The zero-order chi connectivity index (χ0) is 31.1. The standard InChI is InChI=1S/C30H38I3N3O5/c1-18(37)35(6)27-24(31)23(25(32)28(26(27)33)36(7)19(2)38)29(40)34-21-16-14-20(15-17-21)12-10-8-9-11-13-22(39)41-30(3,4)5/h14-17H,8-13H2,1-7H3,(H,34,40). The number of anilines is 3. The van der Waals surface area contributed by atoms with E-state index in [-0.39, 0.29) is 23.7 Å². The second kappa shape index (κ2) is 15.8. The molecule has 0 aliphatic rings. The molecule has 41 heavy (non-hydrogen) atoms. The number of hydrogen-bond donors (Lipinski definition) is 1. The van der Waals surface area contributed by atoms with Crippen molar-refractivity contribution in [1.29, 1.82) is 0 Å². The summed E-state index contributed by atoms with van der Waals surface area (Å²) in [6, 6.07) is 7.77. The summed E-state index contributed by atoms with van der Waals surface area (Å²) < 4.78 is 7.34. The van der Waals surface area contributed by atoms with Crippen LogP contribution >= 0.6 is 67.8 Å². The molecule has 0 aliphatic carbocycles. The van der Waals surface area contributed by atoms with Crippen molar-refractivity contribution in [2.45, 2.75) is 78.7 Å². The van der Waals surface area contributed by atoms with Crippen LogP contribution in [0.15, 0.2) is 24.3 Å². The first-order valence-electron chi connectivity index (χ1n) is 13.4. The van der Waals surface area contributed by atoms with Crippen molar-refractivity contribution in [3.05, 3.63) is 46.1 Å². The maximum absolute atomic E-state index is 13.6. The number of aryl methyl sites for hydroxylation is 1. The van der Waals surface area contributed by atoms with E-state index in [1.165, 1.54) is 29.2 Å². The van der Waals surface area contributed by atoms with E-state index < -0.39 is 5.60 Å². The Kier molecular flexibility index (Phi) is 13.8. The lowest BCUT2D eigenvalue weighted by Crippen LogP contribution is -2.31. The SMILES string of the molecule is CC(=O)N(C)c1c(I)c(C(=O)Nc2ccc(CCCCCCC(=O)OC(C)(C)C)cc2)c(I)c(N(C)C(C)=O)c1I. The van der Waals surface area contributed by atoms with E-state index in [0.29, 0.717) is 36.2 Å². The molecule has 1 N–H and O–H groups in total. The highest BCUT2D eigenvalue weighted by atomic mass is 127. The lowest BCUT2D eigenvalue weighted by atomic mass is 10.0. The van der Waals surface area contributed by atoms with Crippen LogP contribution in [0.2, 0.25) is 0 Å². The molecule has 0 saturated heterocycles. The molecule has 2 aromatic carbocycles. The number of benzene rings is 2. The van der Waals surface area contributed by atoms with Crippen LogP contribution in [0, 0.1) is 10.7 Å². The Morgan fingerprint density at radius 2 is 1.27 bits per heavy atom. The molecule has 0 aromatic heterocycles. The zero-order valence-corrected chi connectivity index (χ0v) is 31.1. The predicted molar refractivity (Wildman–Crippen MR) is 190 cm³/mol. The van der Waals surface area contributed by atoms with Crippen molar-refractivity contribution in [3.63, 3.8) is 0 Å². The number of carbonyl (C=O) groups excluding carboxylic acids is 4. The lowest BCUT2D eigenvalue weighted by Gasteiger charge is -2.27. The largest absolute Gasteiger partial charge is 0.460 e. The number of nitrogens with one attached hydrogen (secondary N) is 1. The van der Waals surface area contributed by atoms with Crippen molar-refractivity contribution < 1.29 is 23.9 Å². The zero-order valence-electron chi connectivity index (χ0n) is 24.6. The average Bonchev–Trinajstić information content (AvgIpc) is 2.85. The van der Waals surface area contributed by atoms with Gasteiger partial charge < -0.3 is 19.9 Å². The lowest BCUT2D eigenvalue weighted by molar-refractivity contribution is -0.155. The number of ether oxygens (including phenoxy) is 1. The summed E-state index contributed by atoms with van der Waals surface area (Å²) in [5.74, 6) is -0.815. The fraction of sp³-hybridized carbons (Fsp3) is 0.467. The molecule has 8 nitrogen and oxygen atoms in total. The van der Waals surface area contributed by atoms with Gasteiger partial charge in [0.1, 0.15) is 5.60 Å². The fourth-order valence-corrected chi connectivity index (χ4v) is 9.14. The second-order valence-electron chi connectivity index (χ2n) is 10.8. The molecular weight excluding hydrogens is 863 g/mol. The van der Waals surface area contributed by atoms with Gasteiger partial charge in [-0.05, 0) is 126 Å². The van der Waals surface area contributed by atoms with Crippen molar-refractivity contribution in [2.24, 2.45) is 0 Å². The van der Waals surface area contributed by atoms with Crippen molar-refractivity contribution in [3.8, 4) is 0 Å². The van der Waals surface area contributed by atoms with Gasteiger partial charge in [0.05, 0.1) is 27.6 Å². The van der Waals surface area contributed by atoms with Crippen molar-refractivity contribution in [2.75, 3.05) is 29.2 Å². The van der Waals surface area contributed by atoms with Gasteiger partial charge in [0, 0.05) is 40.1 Å². The Morgan fingerprint density at radius 3 is 1.73 bits per heavy atom. The van der Waals surface area contributed by atoms with Gasteiger partial charge in [-0.1, -0.05) is 25.0 Å². The Morgan fingerprint density at radius 1 is 0.780 bits per heavy atom. The average molecular weight is 901 g/mol. The maximum Gasteiger partial charge on any atom is 0.306 e. The van der Waals surface area contributed by atoms with Gasteiger partial charge in [0.2, 0.25) is 11.8 Å². The Labute approximate surface area is 284 Å². The first kappa shape index (κ1) is 35.7. The quantitative estimate of drug-likeness (QED) is 0.143. The van der Waals surface area contributed by atoms with Gasteiger partial charge in [0.25, 0.3) is 5.91 Å². The summed E-state index contributed by atoms with van der Waals surface area (Å²) in [6.07, 6.45) is 5.20. The van der Waals surface area contributed by atoms with Crippen LogP contribution < -0.4 is 15.1 Å². The third kappa shape index (κ3) is 10.3. The second-order valence-corrected chi connectivity index (χ2v) is 14.1. The van der Waals surface area contributed by atoms with Crippen LogP contribution in [0.5, 0.6) is 0 Å². The van der Waals surface area contributed by atoms with Gasteiger partial charge in [-0.3, -0.25) is 19.2 Å². The Balaban J connectivity index is 2.11. The number of halogens is 3. The van der Waals surface area contributed by atoms with Crippen LogP contribution in [0.3, 0.4) is 0 Å². The van der Waals surface area contributed by atoms with Crippen LogP contribution in [0.4, 0.5) is 17.1 Å². The normalized spacial score (nSPS) is 11.2.